The zero-order valence-corrected chi connectivity index (χ0v) is 13.4. The highest BCUT2D eigenvalue weighted by molar-refractivity contribution is 6.15. The molecule has 2 aromatic rings. The van der Waals surface area contributed by atoms with Gasteiger partial charge in [-0.15, -0.1) is 0 Å². The lowest BCUT2D eigenvalue weighted by Gasteiger charge is -2.35. The van der Waals surface area contributed by atoms with Crippen molar-refractivity contribution in [1.29, 1.82) is 0 Å². The first kappa shape index (κ1) is 16.0. The third kappa shape index (κ3) is 2.71. The number of para-hydroxylation sites is 2. The number of likely N-dealkylation sites (N-methyl/N-ethyl adjacent to an activating group) is 1. The van der Waals surface area contributed by atoms with Crippen LogP contribution in [0.15, 0.2) is 48.5 Å². The second-order valence-corrected chi connectivity index (χ2v) is 5.84. The average Bonchev–Trinajstić information content (AvgIpc) is 2.57. The lowest BCUT2D eigenvalue weighted by atomic mass is 10.0. The Morgan fingerprint density at radius 1 is 1.21 bits per heavy atom. The molecule has 0 saturated carbocycles. The van der Waals surface area contributed by atoms with Gasteiger partial charge in [0.15, 0.2) is 0 Å². The molecule has 0 fully saturated rings. The summed E-state index contributed by atoms with van der Waals surface area (Å²) in [5, 5.41) is 2.68. The second-order valence-electron chi connectivity index (χ2n) is 5.84. The summed E-state index contributed by atoms with van der Waals surface area (Å²) in [4.78, 5) is 26.4. The van der Waals surface area contributed by atoms with Gasteiger partial charge in [0.25, 0.3) is 17.4 Å². The van der Waals surface area contributed by atoms with E-state index in [-0.39, 0.29) is 6.54 Å². The van der Waals surface area contributed by atoms with Crippen LogP contribution in [0.1, 0.15) is 12.5 Å². The van der Waals surface area contributed by atoms with E-state index in [0.29, 0.717) is 17.0 Å². The maximum absolute atomic E-state index is 13.8. The highest BCUT2D eigenvalue weighted by Gasteiger charge is 2.48. The van der Waals surface area contributed by atoms with Crippen molar-refractivity contribution in [2.45, 2.75) is 19.1 Å². The zero-order valence-electron chi connectivity index (χ0n) is 13.4. The zero-order chi connectivity index (χ0) is 17.3. The number of benzene rings is 2. The van der Waals surface area contributed by atoms with E-state index < -0.39 is 23.2 Å². The summed E-state index contributed by atoms with van der Waals surface area (Å²) >= 11 is 0. The van der Waals surface area contributed by atoms with E-state index >= 15 is 0 Å². The van der Waals surface area contributed by atoms with Crippen LogP contribution in [0.25, 0.3) is 0 Å². The largest absolute Gasteiger partial charge is 0.466 e. The van der Waals surface area contributed by atoms with E-state index in [9.17, 15) is 14.0 Å². The number of rotatable bonds is 3. The molecule has 0 aromatic heterocycles. The van der Waals surface area contributed by atoms with Crippen molar-refractivity contribution >= 4 is 17.5 Å². The van der Waals surface area contributed by atoms with E-state index in [2.05, 4.69) is 5.32 Å². The van der Waals surface area contributed by atoms with Gasteiger partial charge in [-0.1, -0.05) is 30.3 Å². The molecule has 24 heavy (non-hydrogen) atoms. The Labute approximate surface area is 139 Å². The van der Waals surface area contributed by atoms with E-state index in [1.54, 1.807) is 42.5 Å². The molecule has 1 heterocycles. The van der Waals surface area contributed by atoms with Crippen molar-refractivity contribution in [1.82, 2.24) is 4.90 Å². The first-order valence-electron chi connectivity index (χ1n) is 7.50. The first-order valence-corrected chi connectivity index (χ1v) is 7.50. The standard InChI is InChI=1S/C18H17FN2O3/c1-18(16(22)20-14-9-5-6-10-15(14)24-18)17(23)21(2)11-12-7-3-4-8-13(12)19/h3-10H,11H2,1-2H3,(H,20,22). The molecule has 0 spiro atoms. The minimum absolute atomic E-state index is 0.0411. The van der Waals surface area contributed by atoms with Crippen LogP contribution in [-0.4, -0.2) is 29.4 Å². The van der Waals surface area contributed by atoms with Crippen LogP contribution in [0.3, 0.4) is 0 Å². The van der Waals surface area contributed by atoms with Gasteiger partial charge in [-0.25, -0.2) is 4.39 Å². The van der Waals surface area contributed by atoms with Gasteiger partial charge >= 0.3 is 0 Å². The summed E-state index contributed by atoms with van der Waals surface area (Å²) in [5.74, 6) is -1.07. The van der Waals surface area contributed by atoms with Crippen LogP contribution in [0.5, 0.6) is 5.75 Å². The van der Waals surface area contributed by atoms with E-state index in [4.69, 9.17) is 4.74 Å². The number of hydrogen-bond donors (Lipinski definition) is 1. The fourth-order valence-corrected chi connectivity index (χ4v) is 2.63. The highest BCUT2D eigenvalue weighted by Crippen LogP contribution is 2.34. The summed E-state index contributed by atoms with van der Waals surface area (Å²) < 4.78 is 19.5. The predicted octanol–water partition coefficient (Wildman–Crippen LogP) is 2.57. The number of fused-ring (bicyclic) bond motifs is 1. The Morgan fingerprint density at radius 2 is 1.88 bits per heavy atom. The first-order chi connectivity index (χ1) is 11.4. The summed E-state index contributed by atoms with van der Waals surface area (Å²) in [6.07, 6.45) is 0. The minimum atomic E-state index is -1.70. The summed E-state index contributed by atoms with van der Waals surface area (Å²) in [6, 6.07) is 13.1. The second kappa shape index (κ2) is 5.96. The van der Waals surface area contributed by atoms with E-state index in [1.165, 1.54) is 24.9 Å². The Morgan fingerprint density at radius 3 is 2.62 bits per heavy atom. The Bertz CT molecular complexity index is 808. The van der Waals surface area contributed by atoms with Gasteiger partial charge in [-0.2, -0.15) is 0 Å². The van der Waals surface area contributed by atoms with Crippen molar-refractivity contribution in [3.8, 4) is 5.75 Å². The fourth-order valence-electron chi connectivity index (χ4n) is 2.63. The highest BCUT2D eigenvalue weighted by atomic mass is 19.1. The fraction of sp³-hybridized carbons (Fsp3) is 0.222. The number of anilines is 1. The maximum atomic E-state index is 13.8. The van der Waals surface area contributed by atoms with Crippen LogP contribution >= 0.6 is 0 Å². The summed E-state index contributed by atoms with van der Waals surface area (Å²) in [7, 11) is 1.51. The molecule has 1 aliphatic heterocycles. The molecule has 2 amide bonds. The molecule has 1 atom stereocenters. The quantitative estimate of drug-likeness (QED) is 0.881. The van der Waals surface area contributed by atoms with Gasteiger partial charge in [0.05, 0.1) is 5.69 Å². The summed E-state index contributed by atoms with van der Waals surface area (Å²) in [5.41, 5.74) is -0.813. The lowest BCUT2D eigenvalue weighted by Crippen LogP contribution is -2.58. The van der Waals surface area contributed by atoms with Crippen molar-refractivity contribution < 1.29 is 18.7 Å². The van der Waals surface area contributed by atoms with E-state index in [0.717, 1.165) is 0 Å². The molecule has 5 nitrogen and oxygen atoms in total. The Kier molecular flexibility index (Phi) is 3.97. The van der Waals surface area contributed by atoms with Gasteiger partial charge < -0.3 is 15.0 Å². The SMILES string of the molecule is CN(Cc1ccccc1F)C(=O)C1(C)Oc2ccccc2NC1=O. The molecule has 6 heteroatoms. The van der Waals surface area contributed by atoms with Gasteiger partial charge in [0.1, 0.15) is 11.6 Å². The van der Waals surface area contributed by atoms with Crippen LogP contribution in [0.4, 0.5) is 10.1 Å². The third-order valence-electron chi connectivity index (χ3n) is 4.00. The molecular formula is C18H17FN2O3. The molecule has 1 unspecified atom stereocenters. The molecule has 3 rings (SSSR count). The monoisotopic (exact) mass is 328 g/mol. The molecule has 1 aliphatic rings. The van der Waals surface area contributed by atoms with Crippen molar-refractivity contribution in [2.75, 3.05) is 12.4 Å². The molecule has 2 aromatic carbocycles. The molecule has 0 saturated heterocycles. The van der Waals surface area contributed by atoms with Crippen LogP contribution in [-0.2, 0) is 16.1 Å². The van der Waals surface area contributed by atoms with Gasteiger partial charge in [0.2, 0.25) is 0 Å². The molecular weight excluding hydrogens is 311 g/mol. The normalized spacial score (nSPS) is 19.0. The topological polar surface area (TPSA) is 58.6 Å². The number of ether oxygens (including phenoxy) is 1. The molecule has 0 radical (unpaired) electrons. The summed E-state index contributed by atoms with van der Waals surface area (Å²) in [6.45, 7) is 1.46. The van der Waals surface area contributed by atoms with Crippen LogP contribution in [0.2, 0.25) is 0 Å². The predicted molar refractivity (Wildman–Crippen MR) is 87.0 cm³/mol. The van der Waals surface area contributed by atoms with Gasteiger partial charge in [-0.3, -0.25) is 9.59 Å². The Balaban J connectivity index is 1.83. The number of nitrogens with zero attached hydrogens (tertiary/aromatic N) is 1. The lowest BCUT2D eigenvalue weighted by molar-refractivity contribution is -0.154. The van der Waals surface area contributed by atoms with Crippen LogP contribution in [0, 0.1) is 5.82 Å². The van der Waals surface area contributed by atoms with Gasteiger partial charge in [0, 0.05) is 19.2 Å². The van der Waals surface area contributed by atoms with E-state index in [1.807, 2.05) is 0 Å². The number of nitrogens with one attached hydrogen (secondary N) is 1. The minimum Gasteiger partial charge on any atom is -0.466 e. The molecule has 1 N–H and O–H groups in total. The van der Waals surface area contributed by atoms with Gasteiger partial charge in [-0.05, 0) is 25.1 Å². The van der Waals surface area contributed by atoms with Crippen molar-refractivity contribution in [2.24, 2.45) is 0 Å². The third-order valence-corrected chi connectivity index (χ3v) is 4.00. The number of hydrogen-bond acceptors (Lipinski definition) is 3. The molecule has 0 bridgehead atoms. The van der Waals surface area contributed by atoms with Crippen molar-refractivity contribution in [3.05, 3.63) is 59.9 Å². The maximum Gasteiger partial charge on any atom is 0.278 e. The van der Waals surface area contributed by atoms with Crippen LogP contribution < -0.4 is 10.1 Å². The molecule has 0 aliphatic carbocycles. The number of halogens is 1. The number of carbonyl (C=O) groups is 2. The number of carbonyl (C=O) groups excluding carboxylic acids is 2. The smallest absolute Gasteiger partial charge is 0.278 e. The number of amides is 2. The average molecular weight is 328 g/mol. The Hall–Kier alpha value is -2.89. The molecule has 124 valence electrons. The van der Waals surface area contributed by atoms with Crippen molar-refractivity contribution in [3.63, 3.8) is 0 Å².